The van der Waals surface area contributed by atoms with E-state index in [1.807, 2.05) is 0 Å². The number of carboxylic acid groups (broad SMARTS) is 1. The number of rotatable bonds is 8. The molecule has 1 heterocycles. The Bertz CT molecular complexity index is 666. The van der Waals surface area contributed by atoms with Crippen molar-refractivity contribution in [3.8, 4) is 11.5 Å². The molecule has 0 aromatic heterocycles. The minimum atomic E-state index is -1.05. The first kappa shape index (κ1) is 18.9. The van der Waals surface area contributed by atoms with Crippen LogP contribution in [0.1, 0.15) is 18.0 Å². The van der Waals surface area contributed by atoms with Crippen molar-refractivity contribution >= 4 is 29.5 Å². The summed E-state index contributed by atoms with van der Waals surface area (Å²) in [5.41, 5.74) is 0.579. The molecule has 1 aromatic rings. The van der Waals surface area contributed by atoms with Gasteiger partial charge in [-0.25, -0.2) is 0 Å². The Hall–Kier alpha value is -2.42. The number of methoxy groups -OCH3 is 2. The molecule has 1 aliphatic rings. The molecule has 1 unspecified atom stereocenters. The molecule has 1 atom stereocenters. The number of ether oxygens (including phenoxy) is 2. The minimum Gasteiger partial charge on any atom is -0.493 e. The van der Waals surface area contributed by atoms with Gasteiger partial charge >= 0.3 is 5.97 Å². The second-order valence-corrected chi connectivity index (χ2v) is 6.36. The van der Waals surface area contributed by atoms with E-state index in [2.05, 4.69) is 5.32 Å². The van der Waals surface area contributed by atoms with Crippen molar-refractivity contribution in [3.63, 3.8) is 0 Å². The number of nitrogens with zero attached hydrogens (tertiary/aromatic N) is 1. The lowest BCUT2D eigenvalue weighted by Crippen LogP contribution is -2.40. The maximum atomic E-state index is 12.2. The number of hydrogen-bond acceptors (Lipinski definition) is 6. The Labute approximate surface area is 149 Å². The zero-order chi connectivity index (χ0) is 18.4. The van der Waals surface area contributed by atoms with Gasteiger partial charge in [-0.15, -0.1) is 11.8 Å². The van der Waals surface area contributed by atoms with Gasteiger partial charge in [0.25, 0.3) is 0 Å². The summed E-state index contributed by atoms with van der Waals surface area (Å²) in [7, 11) is 2.97. The lowest BCUT2D eigenvalue weighted by Gasteiger charge is -2.21. The molecule has 2 rings (SSSR count). The number of carbonyl (C=O) groups is 3. The Morgan fingerprint density at radius 2 is 2.04 bits per heavy atom. The summed E-state index contributed by atoms with van der Waals surface area (Å²) in [6.45, 7) is -0.0881. The van der Waals surface area contributed by atoms with Crippen molar-refractivity contribution in [1.82, 2.24) is 10.2 Å². The first-order valence-corrected chi connectivity index (χ1v) is 8.68. The highest BCUT2D eigenvalue weighted by Crippen LogP contribution is 2.31. The van der Waals surface area contributed by atoms with E-state index in [1.165, 1.54) is 30.9 Å². The van der Waals surface area contributed by atoms with Gasteiger partial charge < -0.3 is 24.8 Å². The molecular weight excluding hydrogens is 348 g/mol. The van der Waals surface area contributed by atoms with Gasteiger partial charge in [0.15, 0.2) is 11.5 Å². The summed E-state index contributed by atoms with van der Waals surface area (Å²) in [5, 5.41) is 11.8. The van der Waals surface area contributed by atoms with E-state index in [1.54, 1.807) is 18.2 Å². The quantitative estimate of drug-likeness (QED) is 0.701. The fourth-order valence-corrected chi connectivity index (χ4v) is 3.35. The van der Waals surface area contributed by atoms with Crippen LogP contribution in [0.25, 0.3) is 0 Å². The zero-order valence-corrected chi connectivity index (χ0v) is 14.8. The molecule has 1 fully saturated rings. The minimum absolute atomic E-state index is 0.0881. The zero-order valence-electron chi connectivity index (χ0n) is 14.0. The highest BCUT2D eigenvalue weighted by molar-refractivity contribution is 8.00. The normalized spacial score (nSPS) is 15.0. The van der Waals surface area contributed by atoms with Crippen molar-refractivity contribution in [3.05, 3.63) is 23.8 Å². The Balaban J connectivity index is 2.14. The van der Waals surface area contributed by atoms with Crippen LogP contribution in [0.3, 0.4) is 0 Å². The topological polar surface area (TPSA) is 105 Å². The van der Waals surface area contributed by atoms with Gasteiger partial charge in [0.2, 0.25) is 11.8 Å². The van der Waals surface area contributed by atoms with Gasteiger partial charge in [-0.05, 0) is 17.7 Å². The highest BCUT2D eigenvalue weighted by Gasteiger charge is 2.25. The average molecular weight is 368 g/mol. The fourth-order valence-electron chi connectivity index (χ4n) is 2.45. The van der Waals surface area contributed by atoms with Crippen LogP contribution in [0.4, 0.5) is 0 Å². The standard InChI is InChI=1S/C16H20N2O6S/c1-23-12-4-3-10(5-13(12)24-2)11(6-16(21)22)17-14(19)7-18-9-25-8-15(18)20/h3-5,11H,6-9H2,1-2H3,(H,17,19)(H,21,22). The van der Waals surface area contributed by atoms with Gasteiger partial charge in [-0.1, -0.05) is 6.07 Å². The van der Waals surface area contributed by atoms with E-state index >= 15 is 0 Å². The summed E-state index contributed by atoms with van der Waals surface area (Å²) in [6.07, 6.45) is -0.288. The number of carbonyl (C=O) groups excluding carboxylic acids is 2. The van der Waals surface area contributed by atoms with Crippen LogP contribution in [0.15, 0.2) is 18.2 Å². The molecule has 25 heavy (non-hydrogen) atoms. The summed E-state index contributed by atoms with van der Waals surface area (Å²) in [5.74, 6) is 0.223. The second kappa shape index (κ2) is 8.61. The molecule has 2 N–H and O–H groups in total. The number of hydrogen-bond donors (Lipinski definition) is 2. The van der Waals surface area contributed by atoms with E-state index in [0.29, 0.717) is 28.7 Å². The molecule has 1 saturated heterocycles. The molecule has 0 bridgehead atoms. The number of amides is 2. The van der Waals surface area contributed by atoms with Crippen molar-refractivity contribution in [2.24, 2.45) is 0 Å². The largest absolute Gasteiger partial charge is 0.493 e. The predicted molar refractivity (Wildman–Crippen MR) is 91.7 cm³/mol. The van der Waals surface area contributed by atoms with Crippen LogP contribution in [-0.2, 0) is 14.4 Å². The molecule has 2 amide bonds. The van der Waals surface area contributed by atoms with E-state index in [9.17, 15) is 14.4 Å². The lowest BCUT2D eigenvalue weighted by atomic mass is 10.0. The first-order chi connectivity index (χ1) is 11.9. The van der Waals surface area contributed by atoms with Gasteiger partial charge in [0, 0.05) is 0 Å². The van der Waals surface area contributed by atoms with Crippen molar-refractivity contribution in [2.75, 3.05) is 32.4 Å². The van der Waals surface area contributed by atoms with Crippen LogP contribution in [0.2, 0.25) is 0 Å². The van der Waals surface area contributed by atoms with E-state index in [4.69, 9.17) is 14.6 Å². The number of nitrogens with one attached hydrogen (secondary N) is 1. The van der Waals surface area contributed by atoms with Gasteiger partial charge in [-0.2, -0.15) is 0 Å². The lowest BCUT2D eigenvalue weighted by molar-refractivity contribution is -0.138. The van der Waals surface area contributed by atoms with Gasteiger partial charge in [0.05, 0.1) is 38.3 Å². The van der Waals surface area contributed by atoms with Gasteiger partial charge in [0.1, 0.15) is 6.54 Å². The van der Waals surface area contributed by atoms with Crippen molar-refractivity contribution in [2.45, 2.75) is 12.5 Å². The maximum Gasteiger partial charge on any atom is 0.305 e. The summed E-state index contributed by atoms with van der Waals surface area (Å²) in [4.78, 5) is 36.4. The maximum absolute atomic E-state index is 12.2. The monoisotopic (exact) mass is 368 g/mol. The molecule has 0 saturated carbocycles. The highest BCUT2D eigenvalue weighted by atomic mass is 32.2. The van der Waals surface area contributed by atoms with Crippen LogP contribution < -0.4 is 14.8 Å². The Kier molecular flexibility index (Phi) is 6.51. The van der Waals surface area contributed by atoms with E-state index in [-0.39, 0.29) is 18.9 Å². The molecule has 136 valence electrons. The van der Waals surface area contributed by atoms with Crippen molar-refractivity contribution in [1.29, 1.82) is 0 Å². The van der Waals surface area contributed by atoms with E-state index in [0.717, 1.165) is 0 Å². The molecule has 0 spiro atoms. The van der Waals surface area contributed by atoms with Crippen molar-refractivity contribution < 1.29 is 29.0 Å². The van der Waals surface area contributed by atoms with Crippen LogP contribution in [-0.4, -0.2) is 60.2 Å². The average Bonchev–Trinajstić information content (AvgIpc) is 2.98. The van der Waals surface area contributed by atoms with E-state index < -0.39 is 17.9 Å². The Morgan fingerprint density at radius 3 is 2.60 bits per heavy atom. The third kappa shape index (κ3) is 5.02. The number of thioether (sulfide) groups is 1. The van der Waals surface area contributed by atoms with Crippen LogP contribution in [0.5, 0.6) is 11.5 Å². The number of carboxylic acids is 1. The third-order valence-electron chi connectivity index (χ3n) is 3.68. The number of aliphatic carboxylic acids is 1. The third-order valence-corrected chi connectivity index (χ3v) is 4.63. The molecular formula is C16H20N2O6S. The smallest absolute Gasteiger partial charge is 0.305 e. The van der Waals surface area contributed by atoms with Crippen LogP contribution in [0, 0.1) is 0 Å². The summed E-state index contributed by atoms with van der Waals surface area (Å²) < 4.78 is 10.4. The molecule has 1 aliphatic heterocycles. The molecule has 0 radical (unpaired) electrons. The molecule has 9 heteroatoms. The molecule has 8 nitrogen and oxygen atoms in total. The Morgan fingerprint density at radius 1 is 1.32 bits per heavy atom. The summed E-state index contributed by atoms with van der Waals surface area (Å²) in [6, 6.07) is 4.21. The molecule has 1 aromatic carbocycles. The fraction of sp³-hybridized carbons (Fsp3) is 0.438. The van der Waals surface area contributed by atoms with Crippen LogP contribution >= 0.6 is 11.8 Å². The summed E-state index contributed by atoms with van der Waals surface area (Å²) >= 11 is 1.44. The first-order valence-electron chi connectivity index (χ1n) is 7.53. The molecule has 0 aliphatic carbocycles. The van der Waals surface area contributed by atoms with Gasteiger partial charge in [-0.3, -0.25) is 14.4 Å². The number of benzene rings is 1. The predicted octanol–water partition coefficient (Wildman–Crippen LogP) is 0.869. The second-order valence-electron chi connectivity index (χ2n) is 5.40. The SMILES string of the molecule is COc1ccc(C(CC(=O)O)NC(=O)CN2CSCC2=O)cc1OC.